The molecule has 0 heterocycles. The Morgan fingerprint density at radius 1 is 0.565 bits per heavy atom. The van der Waals surface area contributed by atoms with Crippen molar-refractivity contribution in [1.82, 2.24) is 0 Å². The molecule has 5 heteroatoms. The molecule has 1 unspecified atom stereocenters. The van der Waals surface area contributed by atoms with E-state index in [9.17, 15) is 14.7 Å². The number of aliphatic carboxylic acids is 2. The van der Waals surface area contributed by atoms with Crippen LogP contribution in [0.25, 0.3) is 0 Å². The Kier molecular flexibility index (Phi) is 15.0. The van der Waals surface area contributed by atoms with Crippen LogP contribution in [-0.4, -0.2) is 33.4 Å². The van der Waals surface area contributed by atoms with Crippen molar-refractivity contribution in [1.29, 1.82) is 0 Å². The summed E-state index contributed by atoms with van der Waals surface area (Å²) in [5, 5.41) is 26.9. The number of carboxylic acids is 2. The molecule has 0 aliphatic heterocycles. The average molecular weight is 330 g/mol. The van der Waals surface area contributed by atoms with Crippen molar-refractivity contribution in [3.05, 3.63) is 0 Å². The number of aliphatic hydroxyl groups excluding tert-OH is 1. The second-order valence-corrected chi connectivity index (χ2v) is 6.41. The number of carbonyl (C=O) groups is 2. The Morgan fingerprint density at radius 3 is 1.22 bits per heavy atom. The van der Waals surface area contributed by atoms with Gasteiger partial charge in [-0.15, -0.1) is 0 Å². The van der Waals surface area contributed by atoms with E-state index in [-0.39, 0.29) is 18.9 Å². The first-order chi connectivity index (χ1) is 11.0. The van der Waals surface area contributed by atoms with Crippen molar-refractivity contribution >= 4 is 11.9 Å². The highest BCUT2D eigenvalue weighted by atomic mass is 16.4. The van der Waals surface area contributed by atoms with Crippen LogP contribution in [0.4, 0.5) is 0 Å². The molecule has 0 aliphatic carbocycles. The highest BCUT2D eigenvalue weighted by molar-refractivity contribution is 5.66. The number of aliphatic hydroxyl groups is 1. The molecule has 3 N–H and O–H groups in total. The summed E-state index contributed by atoms with van der Waals surface area (Å²) in [5.41, 5.74) is 0. The standard InChI is InChI=1S/C18H34O5/c19-16(13-9-5-3-7-11-15-18(22)23)12-8-4-1-2-6-10-14-17(20)21/h16,19H,1-15H2,(H,20,21)(H,22,23). The average Bonchev–Trinajstić information content (AvgIpc) is 2.48. The second kappa shape index (κ2) is 15.8. The first-order valence-electron chi connectivity index (χ1n) is 9.14. The molecule has 0 spiro atoms. The maximum absolute atomic E-state index is 10.3. The summed E-state index contributed by atoms with van der Waals surface area (Å²) in [7, 11) is 0. The monoisotopic (exact) mass is 330 g/mol. The van der Waals surface area contributed by atoms with Gasteiger partial charge >= 0.3 is 11.9 Å². The van der Waals surface area contributed by atoms with Gasteiger partial charge in [-0.2, -0.15) is 0 Å². The third kappa shape index (κ3) is 18.9. The lowest BCUT2D eigenvalue weighted by Crippen LogP contribution is -2.06. The first-order valence-corrected chi connectivity index (χ1v) is 9.14. The predicted molar refractivity (Wildman–Crippen MR) is 90.5 cm³/mol. The summed E-state index contributed by atoms with van der Waals surface area (Å²) >= 11 is 0. The predicted octanol–water partition coefficient (Wildman–Crippen LogP) is 4.37. The molecule has 23 heavy (non-hydrogen) atoms. The molecule has 0 aromatic carbocycles. The van der Waals surface area contributed by atoms with Crippen LogP contribution in [0.3, 0.4) is 0 Å². The highest BCUT2D eigenvalue weighted by Gasteiger charge is 2.04. The fourth-order valence-electron chi connectivity index (χ4n) is 2.69. The minimum Gasteiger partial charge on any atom is -0.481 e. The Morgan fingerprint density at radius 2 is 0.870 bits per heavy atom. The third-order valence-electron chi connectivity index (χ3n) is 4.11. The third-order valence-corrected chi connectivity index (χ3v) is 4.11. The van der Waals surface area contributed by atoms with E-state index in [0.29, 0.717) is 0 Å². The summed E-state index contributed by atoms with van der Waals surface area (Å²) in [6.07, 6.45) is 13.0. The van der Waals surface area contributed by atoms with Gasteiger partial charge in [-0.25, -0.2) is 0 Å². The fraction of sp³-hybridized carbons (Fsp3) is 0.889. The lowest BCUT2D eigenvalue weighted by molar-refractivity contribution is -0.138. The Bertz CT molecular complexity index is 304. The zero-order valence-corrected chi connectivity index (χ0v) is 14.3. The lowest BCUT2D eigenvalue weighted by Gasteiger charge is -2.10. The number of hydrogen-bond acceptors (Lipinski definition) is 3. The highest BCUT2D eigenvalue weighted by Crippen LogP contribution is 2.14. The van der Waals surface area contributed by atoms with E-state index >= 15 is 0 Å². The summed E-state index contributed by atoms with van der Waals surface area (Å²) in [4.78, 5) is 20.7. The van der Waals surface area contributed by atoms with Crippen LogP contribution in [0, 0.1) is 0 Å². The molecule has 136 valence electrons. The van der Waals surface area contributed by atoms with Crippen LogP contribution < -0.4 is 0 Å². The summed E-state index contributed by atoms with van der Waals surface area (Å²) in [5.74, 6) is -1.43. The van der Waals surface area contributed by atoms with Gasteiger partial charge in [-0.05, 0) is 25.7 Å². The lowest BCUT2D eigenvalue weighted by atomic mass is 10.0. The van der Waals surface area contributed by atoms with Crippen LogP contribution in [0.1, 0.15) is 96.3 Å². The number of rotatable bonds is 17. The van der Waals surface area contributed by atoms with Crippen LogP contribution in [0.2, 0.25) is 0 Å². The molecule has 0 bridgehead atoms. The van der Waals surface area contributed by atoms with Gasteiger partial charge in [0.15, 0.2) is 0 Å². The van der Waals surface area contributed by atoms with Gasteiger partial charge in [0.2, 0.25) is 0 Å². The van der Waals surface area contributed by atoms with E-state index in [2.05, 4.69) is 0 Å². The number of hydrogen-bond donors (Lipinski definition) is 3. The number of carboxylic acid groups (broad SMARTS) is 2. The molecule has 0 radical (unpaired) electrons. The van der Waals surface area contributed by atoms with Gasteiger partial charge in [0.1, 0.15) is 0 Å². The van der Waals surface area contributed by atoms with Gasteiger partial charge in [0.25, 0.3) is 0 Å². The smallest absolute Gasteiger partial charge is 0.303 e. The molecule has 0 aromatic heterocycles. The SMILES string of the molecule is O=C(O)CCCCCCCCC(O)CCCCCCCC(=O)O. The van der Waals surface area contributed by atoms with Gasteiger partial charge in [-0.3, -0.25) is 9.59 Å². The van der Waals surface area contributed by atoms with Crippen molar-refractivity contribution in [2.75, 3.05) is 0 Å². The van der Waals surface area contributed by atoms with Crippen LogP contribution in [0.5, 0.6) is 0 Å². The van der Waals surface area contributed by atoms with E-state index < -0.39 is 11.9 Å². The summed E-state index contributed by atoms with van der Waals surface area (Å²) in [6.45, 7) is 0. The van der Waals surface area contributed by atoms with Gasteiger partial charge < -0.3 is 15.3 Å². The molecular formula is C18H34O5. The Balaban J connectivity index is 3.20. The van der Waals surface area contributed by atoms with Crippen LogP contribution in [0.15, 0.2) is 0 Å². The zero-order valence-electron chi connectivity index (χ0n) is 14.3. The molecule has 0 aromatic rings. The van der Waals surface area contributed by atoms with E-state index in [4.69, 9.17) is 10.2 Å². The maximum Gasteiger partial charge on any atom is 0.303 e. The van der Waals surface area contributed by atoms with Gasteiger partial charge in [0.05, 0.1) is 6.10 Å². The van der Waals surface area contributed by atoms with Crippen molar-refractivity contribution in [3.63, 3.8) is 0 Å². The summed E-state index contributed by atoms with van der Waals surface area (Å²) < 4.78 is 0. The molecule has 0 fully saturated rings. The Hall–Kier alpha value is -1.10. The Labute approximate surface area is 140 Å². The molecule has 1 atom stereocenters. The van der Waals surface area contributed by atoms with E-state index in [0.717, 1.165) is 83.5 Å². The van der Waals surface area contributed by atoms with Crippen molar-refractivity contribution in [2.45, 2.75) is 102 Å². The van der Waals surface area contributed by atoms with E-state index in [1.54, 1.807) is 0 Å². The maximum atomic E-state index is 10.3. The van der Waals surface area contributed by atoms with Gasteiger partial charge in [0, 0.05) is 12.8 Å². The minimum atomic E-state index is -0.720. The molecule has 0 rings (SSSR count). The normalized spacial score (nSPS) is 12.2. The molecule has 5 nitrogen and oxygen atoms in total. The zero-order chi connectivity index (χ0) is 17.3. The van der Waals surface area contributed by atoms with Crippen molar-refractivity contribution in [3.8, 4) is 0 Å². The van der Waals surface area contributed by atoms with E-state index in [1.807, 2.05) is 0 Å². The van der Waals surface area contributed by atoms with Gasteiger partial charge in [-0.1, -0.05) is 57.8 Å². The topological polar surface area (TPSA) is 94.8 Å². The quantitative estimate of drug-likeness (QED) is 0.344. The van der Waals surface area contributed by atoms with E-state index in [1.165, 1.54) is 0 Å². The summed E-state index contributed by atoms with van der Waals surface area (Å²) in [6, 6.07) is 0. The van der Waals surface area contributed by atoms with Crippen molar-refractivity contribution in [2.24, 2.45) is 0 Å². The number of unbranched alkanes of at least 4 members (excludes halogenated alkanes) is 9. The largest absolute Gasteiger partial charge is 0.481 e. The van der Waals surface area contributed by atoms with Crippen LogP contribution in [-0.2, 0) is 9.59 Å². The first kappa shape index (κ1) is 21.9. The van der Waals surface area contributed by atoms with Crippen LogP contribution >= 0.6 is 0 Å². The molecular weight excluding hydrogens is 296 g/mol. The molecule has 0 saturated carbocycles. The fourth-order valence-corrected chi connectivity index (χ4v) is 2.69. The van der Waals surface area contributed by atoms with Crippen molar-refractivity contribution < 1.29 is 24.9 Å². The molecule has 0 saturated heterocycles. The minimum absolute atomic E-state index is 0.207. The molecule has 0 amide bonds. The molecule has 0 aliphatic rings. The second-order valence-electron chi connectivity index (χ2n) is 6.41.